The summed E-state index contributed by atoms with van der Waals surface area (Å²) in [5.41, 5.74) is 0. The van der Waals surface area contributed by atoms with Gasteiger partial charge in [0.2, 0.25) is 0 Å². The van der Waals surface area contributed by atoms with Crippen LogP contribution in [-0.2, 0) is 32.7 Å². The lowest BCUT2D eigenvalue weighted by molar-refractivity contribution is -0.870. The van der Waals surface area contributed by atoms with Gasteiger partial charge in [0.25, 0.3) is 7.82 Å². The van der Waals surface area contributed by atoms with Gasteiger partial charge in [-0.3, -0.25) is 14.2 Å². The minimum Gasteiger partial charge on any atom is -0.756 e. The molecule has 0 saturated carbocycles. The van der Waals surface area contributed by atoms with Crippen LogP contribution in [-0.4, -0.2) is 81.2 Å². The second kappa shape index (κ2) is 40.3. The highest BCUT2D eigenvalue weighted by Crippen LogP contribution is 2.38. The van der Waals surface area contributed by atoms with Gasteiger partial charge in [0.15, 0.2) is 6.10 Å². The molecule has 346 valence electrons. The van der Waals surface area contributed by atoms with Crippen LogP contribution in [0.15, 0.2) is 36.5 Å². The summed E-state index contributed by atoms with van der Waals surface area (Å²) in [6, 6.07) is 0. The van der Waals surface area contributed by atoms with E-state index in [4.69, 9.17) is 18.5 Å². The first kappa shape index (κ1) is 57.2. The third kappa shape index (κ3) is 44.1. The highest BCUT2D eigenvalue weighted by molar-refractivity contribution is 7.45. The quantitative estimate of drug-likeness (QED) is 0.0159. The normalized spacial score (nSPS) is 14.4. The first-order valence-electron chi connectivity index (χ1n) is 23.8. The highest BCUT2D eigenvalue weighted by Gasteiger charge is 2.22. The van der Waals surface area contributed by atoms with Gasteiger partial charge < -0.3 is 33.0 Å². The Morgan fingerprint density at radius 3 is 1.68 bits per heavy atom. The van der Waals surface area contributed by atoms with Crippen LogP contribution >= 0.6 is 7.82 Å². The number of allylic oxidation sites excluding steroid dienone is 5. The number of ether oxygens (including phenoxy) is 2. The Kier molecular flexibility index (Phi) is 39.0. The number of quaternary nitrogens is 1. The monoisotopic (exact) mass is 856 g/mol. The Labute approximate surface area is 362 Å². The van der Waals surface area contributed by atoms with Crippen molar-refractivity contribution in [3.63, 3.8) is 0 Å². The zero-order valence-corrected chi connectivity index (χ0v) is 39.5. The molecule has 3 atom stereocenters. The zero-order chi connectivity index (χ0) is 43.7. The molecule has 0 aliphatic rings. The average molecular weight is 856 g/mol. The number of nitrogens with zero attached hydrogens (tertiary/aromatic N) is 1. The predicted molar refractivity (Wildman–Crippen MR) is 242 cm³/mol. The summed E-state index contributed by atoms with van der Waals surface area (Å²) in [5.74, 6) is -1.03. The molecule has 11 heteroatoms. The van der Waals surface area contributed by atoms with Crippen LogP contribution in [0.5, 0.6) is 0 Å². The molecule has 0 amide bonds. The molecule has 0 bridgehead atoms. The Balaban J connectivity index is 4.47. The summed E-state index contributed by atoms with van der Waals surface area (Å²) in [5, 5.41) is 10.3. The van der Waals surface area contributed by atoms with Gasteiger partial charge in [-0.25, -0.2) is 0 Å². The van der Waals surface area contributed by atoms with Crippen LogP contribution in [0.1, 0.15) is 200 Å². The van der Waals surface area contributed by atoms with Gasteiger partial charge in [0.1, 0.15) is 19.8 Å². The molecule has 0 rings (SSSR count). The van der Waals surface area contributed by atoms with E-state index in [0.717, 1.165) is 32.1 Å². The molecule has 0 aromatic carbocycles. The Hall–Kier alpha value is -1.81. The number of hydrogen-bond donors (Lipinski definition) is 1. The van der Waals surface area contributed by atoms with E-state index in [9.17, 15) is 24.2 Å². The van der Waals surface area contributed by atoms with Crippen molar-refractivity contribution >= 4 is 19.8 Å². The lowest BCUT2D eigenvalue weighted by Crippen LogP contribution is -2.37. The number of phosphoric acid groups is 1. The van der Waals surface area contributed by atoms with E-state index >= 15 is 0 Å². The number of hydrogen-bond acceptors (Lipinski definition) is 9. The molecule has 0 spiro atoms. The molecule has 0 aromatic heterocycles. The number of phosphoric ester groups is 1. The van der Waals surface area contributed by atoms with Crippen molar-refractivity contribution in [3.8, 4) is 0 Å². The SMILES string of the molecule is CCCCCCCC/C=C/C/C=C/C=C/C(O)CCCC(=O)OC[C@H](COP(=O)([O-])OCC[N+](C)(C)C)OC(=O)CCCCCCCCCCCCCCCCCCC. The summed E-state index contributed by atoms with van der Waals surface area (Å²) in [6.07, 6.45) is 42.0. The van der Waals surface area contributed by atoms with Crippen molar-refractivity contribution in [2.24, 2.45) is 0 Å². The fourth-order valence-electron chi connectivity index (χ4n) is 6.49. The second-order valence-electron chi connectivity index (χ2n) is 17.3. The predicted octanol–water partition coefficient (Wildman–Crippen LogP) is 12.0. The molecule has 0 heterocycles. The second-order valence-corrected chi connectivity index (χ2v) is 18.7. The third-order valence-electron chi connectivity index (χ3n) is 10.3. The lowest BCUT2D eigenvalue weighted by Gasteiger charge is -2.28. The first-order valence-corrected chi connectivity index (χ1v) is 25.3. The molecule has 2 unspecified atom stereocenters. The molecule has 0 aliphatic carbocycles. The molecule has 59 heavy (non-hydrogen) atoms. The molecule has 0 aliphatic heterocycles. The minimum atomic E-state index is -4.67. The molecule has 0 radical (unpaired) electrons. The summed E-state index contributed by atoms with van der Waals surface area (Å²) >= 11 is 0. The molecule has 1 N–H and O–H groups in total. The van der Waals surface area contributed by atoms with Gasteiger partial charge in [-0.15, -0.1) is 0 Å². The molecule has 0 aromatic rings. The maximum absolute atomic E-state index is 12.7. The summed E-state index contributed by atoms with van der Waals surface area (Å²) in [4.78, 5) is 37.6. The van der Waals surface area contributed by atoms with Crippen LogP contribution in [0.25, 0.3) is 0 Å². The highest BCUT2D eigenvalue weighted by atomic mass is 31.2. The van der Waals surface area contributed by atoms with E-state index < -0.39 is 38.6 Å². The third-order valence-corrected chi connectivity index (χ3v) is 11.2. The van der Waals surface area contributed by atoms with Crippen LogP contribution in [0.3, 0.4) is 0 Å². The number of aliphatic hydroxyl groups excluding tert-OH is 1. The van der Waals surface area contributed by atoms with Crippen LogP contribution in [0, 0.1) is 0 Å². The fraction of sp³-hybridized carbons (Fsp3) is 0.833. The number of aliphatic hydroxyl groups is 1. The van der Waals surface area contributed by atoms with E-state index in [-0.39, 0.29) is 26.1 Å². The van der Waals surface area contributed by atoms with Crippen molar-refractivity contribution in [2.75, 3.05) is 47.5 Å². The van der Waals surface area contributed by atoms with E-state index in [1.54, 1.807) is 6.08 Å². The average Bonchev–Trinajstić information content (AvgIpc) is 3.18. The largest absolute Gasteiger partial charge is 0.756 e. The number of unbranched alkanes of at least 4 members (excludes halogenated alkanes) is 22. The van der Waals surface area contributed by atoms with Crippen LogP contribution < -0.4 is 4.89 Å². The summed E-state index contributed by atoms with van der Waals surface area (Å²) in [6.45, 7) is 4.02. The summed E-state index contributed by atoms with van der Waals surface area (Å²) < 4.78 is 33.8. The van der Waals surface area contributed by atoms with Crippen LogP contribution in [0.4, 0.5) is 0 Å². The molecular weight excluding hydrogens is 765 g/mol. The fourth-order valence-corrected chi connectivity index (χ4v) is 7.22. The zero-order valence-electron chi connectivity index (χ0n) is 38.6. The van der Waals surface area contributed by atoms with Gasteiger partial charge in [0, 0.05) is 12.8 Å². The van der Waals surface area contributed by atoms with Crippen molar-refractivity contribution in [3.05, 3.63) is 36.5 Å². The lowest BCUT2D eigenvalue weighted by atomic mass is 10.0. The van der Waals surface area contributed by atoms with E-state index in [2.05, 4.69) is 26.0 Å². The van der Waals surface area contributed by atoms with Crippen molar-refractivity contribution in [1.29, 1.82) is 0 Å². The Morgan fingerprint density at radius 1 is 0.627 bits per heavy atom. The Bertz CT molecular complexity index is 1120. The molecular formula is C48H90NO9P. The molecule has 10 nitrogen and oxygen atoms in total. The van der Waals surface area contributed by atoms with E-state index in [0.29, 0.717) is 30.3 Å². The van der Waals surface area contributed by atoms with Crippen molar-refractivity contribution in [2.45, 2.75) is 212 Å². The van der Waals surface area contributed by atoms with E-state index in [1.807, 2.05) is 39.4 Å². The van der Waals surface area contributed by atoms with E-state index in [1.165, 1.54) is 122 Å². The van der Waals surface area contributed by atoms with Gasteiger partial charge in [0.05, 0.1) is 33.9 Å². The standard InChI is InChI=1S/C48H90NO9P/c1-6-8-10-12-14-16-18-20-21-22-23-25-27-29-31-33-35-39-48(52)58-46(44-57-59(53,54)56-42-41-49(3,4)5)43-55-47(51)40-36-38-45(50)37-34-32-30-28-26-24-19-17-15-13-11-9-7-2/h24,26,30,32,34,37,45-46,50H,6-23,25,27-29,31,33,35-36,38-44H2,1-5H3/b26-24+,32-30+,37-34+/t45?,46-/m1/s1. The topological polar surface area (TPSA) is 131 Å². The van der Waals surface area contributed by atoms with Crippen molar-refractivity contribution < 1.29 is 47.2 Å². The van der Waals surface area contributed by atoms with Gasteiger partial charge in [-0.05, 0) is 38.5 Å². The maximum atomic E-state index is 12.7. The molecule has 0 saturated heterocycles. The van der Waals surface area contributed by atoms with Crippen molar-refractivity contribution in [1.82, 2.24) is 0 Å². The van der Waals surface area contributed by atoms with Gasteiger partial charge >= 0.3 is 11.9 Å². The first-order chi connectivity index (χ1) is 28.4. The van der Waals surface area contributed by atoms with Gasteiger partial charge in [-0.2, -0.15) is 0 Å². The summed E-state index contributed by atoms with van der Waals surface area (Å²) in [7, 11) is 1.07. The number of carbonyl (C=O) groups excluding carboxylic acids is 2. The van der Waals surface area contributed by atoms with Crippen LogP contribution in [0.2, 0.25) is 0 Å². The number of rotatable bonds is 43. The number of likely N-dealkylation sites (N-methyl/N-ethyl adjacent to an activating group) is 1. The van der Waals surface area contributed by atoms with Gasteiger partial charge in [-0.1, -0.05) is 185 Å². The Morgan fingerprint density at radius 2 is 1.14 bits per heavy atom. The minimum absolute atomic E-state index is 0.0547. The number of carbonyl (C=O) groups is 2. The smallest absolute Gasteiger partial charge is 0.306 e. The maximum Gasteiger partial charge on any atom is 0.306 e. The number of esters is 2. The molecule has 0 fully saturated rings.